The van der Waals surface area contributed by atoms with Crippen LogP contribution >= 0.6 is 0 Å². The van der Waals surface area contributed by atoms with Gasteiger partial charge in [-0.25, -0.2) is 0 Å². The van der Waals surface area contributed by atoms with Gasteiger partial charge in [0, 0.05) is 39.0 Å². The molecule has 1 aliphatic rings. The molecule has 4 heteroatoms. The number of aliphatic hydroxyl groups excluding tert-OH is 1. The molecule has 1 heterocycles. The number of aliphatic hydroxyl groups is 1. The Balaban J connectivity index is 1.82. The van der Waals surface area contributed by atoms with Gasteiger partial charge in [-0.15, -0.1) is 0 Å². The molecule has 0 amide bonds. The summed E-state index contributed by atoms with van der Waals surface area (Å²) in [5, 5.41) is 12.8. The zero-order valence-electron chi connectivity index (χ0n) is 10.9. The van der Waals surface area contributed by atoms with Crippen molar-refractivity contribution in [2.75, 3.05) is 38.3 Å². The van der Waals surface area contributed by atoms with Crippen LogP contribution in [-0.4, -0.2) is 44.6 Å². The number of ether oxygens (including phenoxy) is 1. The summed E-state index contributed by atoms with van der Waals surface area (Å²) in [4.78, 5) is 2.23. The highest BCUT2D eigenvalue weighted by molar-refractivity contribution is 5.48. The summed E-state index contributed by atoms with van der Waals surface area (Å²) in [6, 6.07) is 8.54. The minimum Gasteiger partial charge on any atom is -0.391 e. The van der Waals surface area contributed by atoms with Crippen LogP contribution in [0.5, 0.6) is 0 Å². The quantitative estimate of drug-likeness (QED) is 0.739. The van der Waals surface area contributed by atoms with E-state index in [1.807, 2.05) is 0 Å². The Morgan fingerprint density at radius 2 is 2.17 bits per heavy atom. The van der Waals surface area contributed by atoms with Crippen molar-refractivity contribution in [1.29, 1.82) is 0 Å². The molecule has 18 heavy (non-hydrogen) atoms. The number of anilines is 1. The smallest absolute Gasteiger partial charge is 0.0731 e. The highest BCUT2D eigenvalue weighted by atomic mass is 16.5. The van der Waals surface area contributed by atoms with E-state index in [1.54, 1.807) is 7.11 Å². The highest BCUT2D eigenvalue weighted by Crippen LogP contribution is 2.20. The standard InChI is InChI=1S/C14H22N2O2/c1-18-9-7-15-10-12-2-4-13(5-3-12)16-8-6-14(17)11-16/h2-5,14-15,17H,6-11H2,1H3. The maximum atomic E-state index is 9.52. The Bertz CT molecular complexity index is 353. The third kappa shape index (κ3) is 3.70. The lowest BCUT2D eigenvalue weighted by atomic mass is 10.2. The van der Waals surface area contributed by atoms with Crippen molar-refractivity contribution < 1.29 is 9.84 Å². The summed E-state index contributed by atoms with van der Waals surface area (Å²) in [5.41, 5.74) is 2.47. The molecular weight excluding hydrogens is 228 g/mol. The minimum absolute atomic E-state index is 0.166. The van der Waals surface area contributed by atoms with E-state index in [2.05, 4.69) is 34.5 Å². The van der Waals surface area contributed by atoms with Crippen LogP contribution in [0.25, 0.3) is 0 Å². The molecule has 2 rings (SSSR count). The van der Waals surface area contributed by atoms with Crippen molar-refractivity contribution in [3.8, 4) is 0 Å². The maximum Gasteiger partial charge on any atom is 0.0731 e. The fourth-order valence-corrected chi connectivity index (χ4v) is 2.21. The topological polar surface area (TPSA) is 44.7 Å². The molecule has 0 aliphatic carbocycles. The van der Waals surface area contributed by atoms with Gasteiger partial charge >= 0.3 is 0 Å². The average Bonchev–Trinajstić information content (AvgIpc) is 2.82. The van der Waals surface area contributed by atoms with Gasteiger partial charge in [0.25, 0.3) is 0 Å². The molecule has 0 radical (unpaired) electrons. The summed E-state index contributed by atoms with van der Waals surface area (Å²) >= 11 is 0. The van der Waals surface area contributed by atoms with E-state index in [4.69, 9.17) is 4.74 Å². The van der Waals surface area contributed by atoms with Gasteiger partial charge in [0.05, 0.1) is 12.7 Å². The molecule has 0 aromatic heterocycles. The van der Waals surface area contributed by atoms with E-state index in [0.717, 1.165) is 39.2 Å². The zero-order chi connectivity index (χ0) is 12.8. The number of β-amino-alcohol motifs (C(OH)–C–C–N with tert-alkyl or cyclic N) is 1. The van der Waals surface area contributed by atoms with Gasteiger partial charge in [-0.1, -0.05) is 12.1 Å². The van der Waals surface area contributed by atoms with Crippen LogP contribution < -0.4 is 10.2 Å². The second kappa shape index (κ2) is 6.73. The van der Waals surface area contributed by atoms with Crippen molar-refractivity contribution >= 4 is 5.69 Å². The lowest BCUT2D eigenvalue weighted by molar-refractivity contribution is 0.198. The van der Waals surface area contributed by atoms with Crippen molar-refractivity contribution in [2.24, 2.45) is 0 Å². The van der Waals surface area contributed by atoms with Crippen molar-refractivity contribution in [1.82, 2.24) is 5.32 Å². The predicted octanol–water partition coefficient (Wildman–Crippen LogP) is 0.994. The third-order valence-corrected chi connectivity index (χ3v) is 3.28. The first-order chi connectivity index (χ1) is 8.79. The maximum absolute atomic E-state index is 9.52. The summed E-state index contributed by atoms with van der Waals surface area (Å²) in [7, 11) is 1.71. The molecule has 1 unspecified atom stereocenters. The SMILES string of the molecule is COCCNCc1ccc(N2CCC(O)C2)cc1. The molecule has 1 atom stereocenters. The predicted molar refractivity (Wildman–Crippen MR) is 72.9 cm³/mol. The molecule has 2 N–H and O–H groups in total. The van der Waals surface area contributed by atoms with Gasteiger partial charge in [-0.2, -0.15) is 0 Å². The first kappa shape index (κ1) is 13.3. The number of hydrogen-bond donors (Lipinski definition) is 2. The molecule has 1 fully saturated rings. The van der Waals surface area contributed by atoms with Gasteiger partial charge in [0.15, 0.2) is 0 Å². The number of nitrogens with one attached hydrogen (secondary N) is 1. The minimum atomic E-state index is -0.166. The van der Waals surface area contributed by atoms with E-state index in [1.165, 1.54) is 11.3 Å². The van der Waals surface area contributed by atoms with Crippen LogP contribution in [0, 0.1) is 0 Å². The highest BCUT2D eigenvalue weighted by Gasteiger charge is 2.19. The van der Waals surface area contributed by atoms with Gasteiger partial charge in [0.2, 0.25) is 0 Å². The first-order valence-corrected chi connectivity index (χ1v) is 6.51. The molecular formula is C14H22N2O2. The molecule has 100 valence electrons. The van der Waals surface area contributed by atoms with Crippen LogP contribution in [0.1, 0.15) is 12.0 Å². The Hall–Kier alpha value is -1.10. The molecule has 4 nitrogen and oxygen atoms in total. The van der Waals surface area contributed by atoms with Crippen LogP contribution in [-0.2, 0) is 11.3 Å². The summed E-state index contributed by atoms with van der Waals surface area (Å²) in [6.07, 6.45) is 0.709. The second-order valence-corrected chi connectivity index (χ2v) is 4.72. The fraction of sp³-hybridized carbons (Fsp3) is 0.571. The van der Waals surface area contributed by atoms with E-state index >= 15 is 0 Å². The van der Waals surface area contributed by atoms with E-state index in [-0.39, 0.29) is 6.10 Å². The molecule has 0 spiro atoms. The van der Waals surface area contributed by atoms with Gasteiger partial charge in [0.1, 0.15) is 0 Å². The van der Waals surface area contributed by atoms with E-state index in [0.29, 0.717) is 0 Å². The lowest BCUT2D eigenvalue weighted by Crippen LogP contribution is -2.21. The molecule has 0 saturated carbocycles. The van der Waals surface area contributed by atoms with Gasteiger partial charge in [-0.05, 0) is 24.1 Å². The zero-order valence-corrected chi connectivity index (χ0v) is 10.9. The molecule has 1 aromatic rings. The Morgan fingerprint density at radius 3 is 2.78 bits per heavy atom. The second-order valence-electron chi connectivity index (χ2n) is 4.72. The van der Waals surface area contributed by atoms with Crippen LogP contribution in [0.4, 0.5) is 5.69 Å². The number of nitrogens with zero attached hydrogens (tertiary/aromatic N) is 1. The monoisotopic (exact) mass is 250 g/mol. The number of benzene rings is 1. The van der Waals surface area contributed by atoms with Gasteiger partial charge < -0.3 is 20.1 Å². The molecule has 1 aromatic carbocycles. The molecule has 1 aliphatic heterocycles. The fourth-order valence-electron chi connectivity index (χ4n) is 2.21. The Kier molecular flexibility index (Phi) is 4.99. The Labute approximate surface area is 109 Å². The third-order valence-electron chi connectivity index (χ3n) is 3.28. The summed E-state index contributed by atoms with van der Waals surface area (Å²) in [5.74, 6) is 0. The normalized spacial score (nSPS) is 19.4. The first-order valence-electron chi connectivity index (χ1n) is 6.51. The molecule has 0 bridgehead atoms. The van der Waals surface area contributed by atoms with Crippen molar-refractivity contribution in [2.45, 2.75) is 19.1 Å². The van der Waals surface area contributed by atoms with Gasteiger partial charge in [-0.3, -0.25) is 0 Å². The summed E-state index contributed by atoms with van der Waals surface area (Å²) in [6.45, 7) is 4.19. The number of hydrogen-bond acceptors (Lipinski definition) is 4. The summed E-state index contributed by atoms with van der Waals surface area (Å²) < 4.78 is 4.98. The van der Waals surface area contributed by atoms with Crippen molar-refractivity contribution in [3.63, 3.8) is 0 Å². The van der Waals surface area contributed by atoms with E-state index in [9.17, 15) is 5.11 Å². The number of methoxy groups -OCH3 is 1. The van der Waals surface area contributed by atoms with Crippen molar-refractivity contribution in [3.05, 3.63) is 29.8 Å². The average molecular weight is 250 g/mol. The Morgan fingerprint density at radius 1 is 1.39 bits per heavy atom. The lowest BCUT2D eigenvalue weighted by Gasteiger charge is -2.18. The van der Waals surface area contributed by atoms with E-state index < -0.39 is 0 Å². The van der Waals surface area contributed by atoms with Crippen LogP contribution in [0.3, 0.4) is 0 Å². The molecule has 1 saturated heterocycles. The number of rotatable bonds is 6. The largest absolute Gasteiger partial charge is 0.391 e. The van der Waals surface area contributed by atoms with Crippen LogP contribution in [0.15, 0.2) is 24.3 Å². The van der Waals surface area contributed by atoms with Crippen LogP contribution in [0.2, 0.25) is 0 Å².